The second kappa shape index (κ2) is 6.19. The maximum Gasteiger partial charge on any atom is 0.407 e. The number of carbonyl (C=O) groups excluding carboxylic acids is 1. The Labute approximate surface area is 120 Å². The van der Waals surface area contributed by atoms with E-state index in [0.717, 1.165) is 16.8 Å². The number of aldehydes is 1. The van der Waals surface area contributed by atoms with Crippen molar-refractivity contribution in [2.24, 2.45) is 12.0 Å². The van der Waals surface area contributed by atoms with Crippen molar-refractivity contribution in [3.05, 3.63) is 15.4 Å². The molecule has 0 saturated carbocycles. The number of aromatic nitrogens is 1. The van der Waals surface area contributed by atoms with Gasteiger partial charge >= 0.3 is 6.09 Å². The van der Waals surface area contributed by atoms with Crippen LogP contribution in [0.2, 0.25) is 0 Å². The van der Waals surface area contributed by atoms with Crippen LogP contribution in [0.1, 0.15) is 15.4 Å². The fraction of sp³-hybridized carbons (Fsp3) is 0.583. The van der Waals surface area contributed by atoms with Gasteiger partial charge in [0.2, 0.25) is 0 Å². The van der Waals surface area contributed by atoms with Crippen LogP contribution in [0.15, 0.2) is 4.99 Å². The van der Waals surface area contributed by atoms with Crippen LogP contribution in [-0.4, -0.2) is 65.1 Å². The Morgan fingerprint density at radius 3 is 2.55 bits per heavy atom. The lowest BCUT2D eigenvalue weighted by Crippen LogP contribution is -2.48. The molecule has 1 aromatic heterocycles. The smallest absolute Gasteiger partial charge is 0.407 e. The van der Waals surface area contributed by atoms with Gasteiger partial charge in [-0.25, -0.2) is 4.79 Å². The molecular formula is C12H18N4O3S. The average Bonchev–Trinajstić information content (AvgIpc) is 2.76. The summed E-state index contributed by atoms with van der Waals surface area (Å²) in [6.45, 7) is 3.01. The maximum absolute atomic E-state index is 11.1. The van der Waals surface area contributed by atoms with Gasteiger partial charge in [0, 0.05) is 46.8 Å². The predicted octanol–water partition coefficient (Wildman–Crippen LogP) is 0.225. The van der Waals surface area contributed by atoms with E-state index in [1.165, 1.54) is 16.2 Å². The summed E-state index contributed by atoms with van der Waals surface area (Å²) in [6, 6.07) is 0. The van der Waals surface area contributed by atoms with E-state index in [-0.39, 0.29) is 0 Å². The molecule has 7 nitrogen and oxygen atoms in total. The van der Waals surface area contributed by atoms with Crippen molar-refractivity contribution in [1.82, 2.24) is 14.4 Å². The van der Waals surface area contributed by atoms with E-state index in [4.69, 9.17) is 5.11 Å². The summed E-state index contributed by atoms with van der Waals surface area (Å²) < 4.78 is 1.93. The molecule has 0 spiro atoms. The summed E-state index contributed by atoms with van der Waals surface area (Å²) >= 11 is 1.38. The van der Waals surface area contributed by atoms with Gasteiger partial charge in [-0.05, 0) is 0 Å². The summed E-state index contributed by atoms with van der Waals surface area (Å²) in [5.41, 5.74) is 0.939. The van der Waals surface area contributed by atoms with Gasteiger partial charge in [-0.15, -0.1) is 0 Å². The number of nitrogens with zero attached hydrogens (tertiary/aromatic N) is 4. The van der Waals surface area contributed by atoms with E-state index >= 15 is 0 Å². The molecule has 1 fully saturated rings. The minimum absolute atomic E-state index is 0.505. The zero-order chi connectivity index (χ0) is 14.7. The molecule has 2 rings (SSSR count). The van der Waals surface area contributed by atoms with E-state index in [1.807, 2.05) is 11.6 Å². The van der Waals surface area contributed by atoms with E-state index in [1.54, 1.807) is 7.05 Å². The number of hydrogen-bond donors (Lipinski definition) is 1. The van der Waals surface area contributed by atoms with Crippen LogP contribution < -0.4 is 4.80 Å². The number of amides is 1. The van der Waals surface area contributed by atoms with Crippen molar-refractivity contribution in [3.63, 3.8) is 0 Å². The summed E-state index contributed by atoms with van der Waals surface area (Å²) in [6.07, 6.45) is -0.00581. The molecule has 1 N–H and O–H groups in total. The third kappa shape index (κ3) is 2.91. The van der Waals surface area contributed by atoms with Crippen LogP contribution in [0.4, 0.5) is 4.79 Å². The molecule has 1 aliphatic heterocycles. The summed E-state index contributed by atoms with van der Waals surface area (Å²) in [7, 11) is 3.60. The Balaban J connectivity index is 2.10. The molecule has 1 saturated heterocycles. The van der Waals surface area contributed by atoms with Crippen molar-refractivity contribution >= 4 is 23.7 Å². The minimum atomic E-state index is -0.869. The van der Waals surface area contributed by atoms with Crippen molar-refractivity contribution in [2.45, 2.75) is 6.54 Å². The zero-order valence-electron chi connectivity index (χ0n) is 11.6. The monoisotopic (exact) mass is 298 g/mol. The number of carbonyl (C=O) groups is 2. The Kier molecular flexibility index (Phi) is 4.56. The fourth-order valence-corrected chi connectivity index (χ4v) is 3.19. The molecule has 8 heteroatoms. The van der Waals surface area contributed by atoms with Crippen molar-refractivity contribution in [2.75, 3.05) is 33.2 Å². The topological polar surface area (TPSA) is 78.1 Å². The average molecular weight is 298 g/mol. The first-order chi connectivity index (χ1) is 9.56. The van der Waals surface area contributed by atoms with Gasteiger partial charge in [0.15, 0.2) is 11.1 Å². The largest absolute Gasteiger partial charge is 0.465 e. The molecule has 0 radical (unpaired) electrons. The van der Waals surface area contributed by atoms with Crippen molar-refractivity contribution < 1.29 is 14.7 Å². The van der Waals surface area contributed by atoms with Gasteiger partial charge in [0.1, 0.15) is 0 Å². The van der Waals surface area contributed by atoms with Crippen LogP contribution in [0.25, 0.3) is 0 Å². The Hall–Kier alpha value is -1.67. The molecule has 2 heterocycles. The van der Waals surface area contributed by atoms with Gasteiger partial charge < -0.3 is 14.6 Å². The zero-order valence-corrected chi connectivity index (χ0v) is 12.4. The molecule has 0 bridgehead atoms. The lowest BCUT2D eigenvalue weighted by Gasteiger charge is -2.33. The summed E-state index contributed by atoms with van der Waals surface area (Å²) in [5, 5.41) is 8.92. The van der Waals surface area contributed by atoms with E-state index in [0.29, 0.717) is 37.6 Å². The van der Waals surface area contributed by atoms with E-state index in [2.05, 4.69) is 9.89 Å². The minimum Gasteiger partial charge on any atom is -0.465 e. The molecule has 110 valence electrons. The van der Waals surface area contributed by atoms with Crippen molar-refractivity contribution in [1.29, 1.82) is 0 Å². The lowest BCUT2D eigenvalue weighted by atomic mass is 10.3. The number of hydrogen-bond acceptors (Lipinski definition) is 5. The molecule has 1 amide bonds. The lowest BCUT2D eigenvalue weighted by molar-refractivity contribution is 0.102. The molecule has 1 aromatic rings. The normalized spacial score (nSPS) is 17.5. The van der Waals surface area contributed by atoms with Crippen LogP contribution >= 0.6 is 11.3 Å². The number of piperazine rings is 1. The first kappa shape index (κ1) is 14.7. The number of rotatable bonds is 3. The molecule has 1 aliphatic rings. The van der Waals surface area contributed by atoms with Gasteiger partial charge in [0.05, 0.1) is 10.6 Å². The molecule has 20 heavy (non-hydrogen) atoms. The number of thiazole rings is 1. The van der Waals surface area contributed by atoms with Crippen LogP contribution in [0.5, 0.6) is 0 Å². The van der Waals surface area contributed by atoms with Crippen LogP contribution in [-0.2, 0) is 13.6 Å². The van der Waals surface area contributed by atoms with E-state index < -0.39 is 6.09 Å². The van der Waals surface area contributed by atoms with Crippen LogP contribution in [0, 0.1) is 0 Å². The maximum atomic E-state index is 11.1. The highest BCUT2D eigenvalue weighted by atomic mass is 32.1. The molecule has 0 aromatic carbocycles. The van der Waals surface area contributed by atoms with Gasteiger partial charge in [-0.2, -0.15) is 0 Å². The number of carboxylic acid groups (broad SMARTS) is 1. The van der Waals surface area contributed by atoms with Crippen LogP contribution in [0.3, 0.4) is 0 Å². The Bertz CT molecular complexity index is 570. The Morgan fingerprint density at radius 2 is 2.05 bits per heavy atom. The second-order valence-corrected chi connectivity index (χ2v) is 5.65. The standard InChI is InChI=1S/C12H18N4O3S/c1-13-11-14(2)9(10(8-17)20-11)7-15-3-5-16(6-4-15)12(18)19/h8H,3-7H2,1-2H3,(H,18,19)/b13-11-. The van der Waals surface area contributed by atoms with Gasteiger partial charge in [0.25, 0.3) is 0 Å². The van der Waals surface area contributed by atoms with Gasteiger partial charge in [-0.1, -0.05) is 11.3 Å². The van der Waals surface area contributed by atoms with Crippen molar-refractivity contribution in [3.8, 4) is 0 Å². The van der Waals surface area contributed by atoms with Gasteiger partial charge in [-0.3, -0.25) is 14.7 Å². The fourth-order valence-electron chi connectivity index (χ4n) is 2.29. The molecule has 0 unspecified atom stereocenters. The highest BCUT2D eigenvalue weighted by Gasteiger charge is 2.22. The summed E-state index contributed by atoms with van der Waals surface area (Å²) in [4.78, 5) is 31.2. The molecule has 0 atom stereocenters. The molecule has 0 aliphatic carbocycles. The van der Waals surface area contributed by atoms with E-state index in [9.17, 15) is 9.59 Å². The second-order valence-electron chi connectivity index (χ2n) is 4.64. The Morgan fingerprint density at radius 1 is 1.40 bits per heavy atom. The highest BCUT2D eigenvalue weighted by Crippen LogP contribution is 2.14. The quantitative estimate of drug-likeness (QED) is 0.810. The third-order valence-corrected chi connectivity index (χ3v) is 4.68. The summed E-state index contributed by atoms with van der Waals surface area (Å²) in [5.74, 6) is 0. The first-order valence-electron chi connectivity index (χ1n) is 6.33. The SMILES string of the molecule is C/N=c1\sc(C=O)c(CN2CCN(C(=O)O)CC2)n1C. The predicted molar refractivity (Wildman–Crippen MR) is 75.0 cm³/mol. The first-order valence-corrected chi connectivity index (χ1v) is 7.15. The highest BCUT2D eigenvalue weighted by molar-refractivity contribution is 7.11. The molecular weight excluding hydrogens is 280 g/mol. The third-order valence-electron chi connectivity index (χ3n) is 3.49.